The molecule has 0 radical (unpaired) electrons. The minimum absolute atomic E-state index is 0.187. The second kappa shape index (κ2) is 7.83. The molecule has 7 heteroatoms. The van der Waals surface area contributed by atoms with E-state index < -0.39 is 10.0 Å². The second-order valence-corrected chi connectivity index (χ2v) is 12.1. The number of hydrogen-bond donors (Lipinski definition) is 1. The molecule has 30 heavy (non-hydrogen) atoms. The van der Waals surface area contributed by atoms with Crippen LogP contribution in [-0.4, -0.2) is 20.0 Å². The Labute approximate surface area is 183 Å². The molecular weight excluding hydrogens is 416 g/mol. The summed E-state index contributed by atoms with van der Waals surface area (Å²) in [5, 5.41) is 2.57. The number of thiazole rings is 1. The van der Waals surface area contributed by atoms with Crippen LogP contribution < -0.4 is 9.46 Å². The van der Waals surface area contributed by atoms with Gasteiger partial charge in [-0.05, 0) is 87.0 Å². The van der Waals surface area contributed by atoms with E-state index in [1.165, 1.54) is 49.9 Å². The fourth-order valence-corrected chi connectivity index (χ4v) is 8.30. The van der Waals surface area contributed by atoms with Crippen molar-refractivity contribution >= 4 is 26.5 Å². The molecular formula is C23H30N2O3S2. The predicted octanol–water partition coefficient (Wildman–Crippen LogP) is 5.59. The van der Waals surface area contributed by atoms with E-state index in [1.807, 2.05) is 0 Å². The van der Waals surface area contributed by atoms with Gasteiger partial charge in [0.25, 0.3) is 10.0 Å². The Bertz CT molecular complexity index is 962. The van der Waals surface area contributed by atoms with Crippen LogP contribution in [0.4, 0.5) is 5.13 Å². The third kappa shape index (κ3) is 3.86. The van der Waals surface area contributed by atoms with Crippen LogP contribution >= 0.6 is 11.3 Å². The van der Waals surface area contributed by atoms with E-state index in [-0.39, 0.29) is 10.3 Å². The van der Waals surface area contributed by atoms with Gasteiger partial charge in [-0.2, -0.15) is 0 Å². The highest BCUT2D eigenvalue weighted by atomic mass is 32.2. The molecule has 4 bridgehead atoms. The maximum atomic E-state index is 12.8. The Morgan fingerprint density at radius 1 is 1.10 bits per heavy atom. The van der Waals surface area contributed by atoms with Crippen LogP contribution in [0.2, 0.25) is 0 Å². The van der Waals surface area contributed by atoms with Gasteiger partial charge in [0.15, 0.2) is 5.13 Å². The van der Waals surface area contributed by atoms with Gasteiger partial charge in [0.1, 0.15) is 5.75 Å². The van der Waals surface area contributed by atoms with E-state index in [0.717, 1.165) is 36.3 Å². The highest BCUT2D eigenvalue weighted by molar-refractivity contribution is 7.93. The number of nitrogens with one attached hydrogen (secondary N) is 1. The van der Waals surface area contributed by atoms with Crippen molar-refractivity contribution in [3.8, 4) is 5.75 Å². The molecule has 0 atom stereocenters. The van der Waals surface area contributed by atoms with Crippen molar-refractivity contribution in [2.75, 3.05) is 11.3 Å². The molecule has 4 aliphatic rings. The lowest BCUT2D eigenvalue weighted by Crippen LogP contribution is -2.48. The summed E-state index contributed by atoms with van der Waals surface area (Å²) in [6, 6.07) is 6.62. The van der Waals surface area contributed by atoms with Crippen molar-refractivity contribution in [1.29, 1.82) is 0 Å². The second-order valence-electron chi connectivity index (χ2n) is 9.51. The molecule has 4 saturated carbocycles. The molecule has 5 nitrogen and oxygen atoms in total. The van der Waals surface area contributed by atoms with Gasteiger partial charge in [0.05, 0.1) is 17.2 Å². The summed E-state index contributed by atoms with van der Waals surface area (Å²) in [6.07, 6.45) is 9.91. The molecule has 1 heterocycles. The number of sulfonamides is 1. The molecule has 4 aliphatic carbocycles. The third-order valence-electron chi connectivity index (χ3n) is 7.21. The third-order valence-corrected chi connectivity index (χ3v) is 9.45. The summed E-state index contributed by atoms with van der Waals surface area (Å²) < 4.78 is 34.0. The van der Waals surface area contributed by atoms with Crippen LogP contribution in [0.1, 0.15) is 64.0 Å². The van der Waals surface area contributed by atoms with Crippen LogP contribution in [0.3, 0.4) is 0 Å². The molecule has 2 aromatic rings. The Kier molecular flexibility index (Phi) is 5.30. The summed E-state index contributed by atoms with van der Waals surface area (Å²) in [7, 11) is -3.66. The van der Waals surface area contributed by atoms with Gasteiger partial charge in [-0.25, -0.2) is 13.4 Å². The number of nitrogens with zero attached hydrogens (tertiary/aromatic N) is 1. The first kappa shape index (κ1) is 20.3. The molecule has 4 fully saturated rings. The highest BCUT2D eigenvalue weighted by Gasteiger charge is 2.52. The minimum atomic E-state index is -3.66. The minimum Gasteiger partial charge on any atom is -0.494 e. The van der Waals surface area contributed by atoms with Crippen molar-refractivity contribution in [3.05, 3.63) is 35.3 Å². The Morgan fingerprint density at radius 2 is 1.73 bits per heavy atom. The van der Waals surface area contributed by atoms with Crippen molar-refractivity contribution in [2.24, 2.45) is 17.8 Å². The summed E-state index contributed by atoms with van der Waals surface area (Å²) in [5.74, 6) is 3.23. The average molecular weight is 447 g/mol. The van der Waals surface area contributed by atoms with Crippen molar-refractivity contribution in [1.82, 2.24) is 4.98 Å². The standard InChI is InChI=1S/C23H30N2O3S2/c1-2-3-8-28-19-4-6-20(7-5-19)30(26,27)25-22-24-21(15-29-22)23-12-16-9-17(13-23)11-18(10-16)14-23/h4-7,15-18H,2-3,8-14H2,1H3,(H,24,25). The van der Waals surface area contributed by atoms with Gasteiger partial charge in [-0.15, -0.1) is 11.3 Å². The Morgan fingerprint density at radius 3 is 2.33 bits per heavy atom. The number of anilines is 1. The zero-order valence-electron chi connectivity index (χ0n) is 17.5. The smallest absolute Gasteiger partial charge is 0.263 e. The van der Waals surface area contributed by atoms with Crippen LogP contribution in [0.15, 0.2) is 34.5 Å². The summed E-state index contributed by atoms with van der Waals surface area (Å²) in [6.45, 7) is 2.75. The van der Waals surface area contributed by atoms with Gasteiger partial charge in [0.2, 0.25) is 0 Å². The molecule has 1 aromatic heterocycles. The van der Waals surface area contributed by atoms with E-state index in [2.05, 4.69) is 17.0 Å². The van der Waals surface area contributed by atoms with Crippen molar-refractivity contribution in [2.45, 2.75) is 68.6 Å². The first-order chi connectivity index (χ1) is 14.5. The van der Waals surface area contributed by atoms with Crippen LogP contribution in [0.5, 0.6) is 5.75 Å². The molecule has 0 spiro atoms. The predicted molar refractivity (Wildman–Crippen MR) is 120 cm³/mol. The number of ether oxygens (including phenoxy) is 1. The van der Waals surface area contributed by atoms with E-state index in [9.17, 15) is 8.42 Å². The van der Waals surface area contributed by atoms with E-state index in [1.54, 1.807) is 24.3 Å². The lowest BCUT2D eigenvalue weighted by atomic mass is 9.49. The lowest BCUT2D eigenvalue weighted by molar-refractivity contribution is -0.00688. The Balaban J connectivity index is 1.29. The topological polar surface area (TPSA) is 68.3 Å². The number of unbranched alkanes of at least 4 members (excludes halogenated alkanes) is 1. The van der Waals surface area contributed by atoms with Crippen molar-refractivity contribution in [3.63, 3.8) is 0 Å². The largest absolute Gasteiger partial charge is 0.494 e. The molecule has 0 amide bonds. The molecule has 6 rings (SSSR count). The normalized spacial score (nSPS) is 29.8. The lowest BCUT2D eigenvalue weighted by Gasteiger charge is -2.56. The van der Waals surface area contributed by atoms with Gasteiger partial charge >= 0.3 is 0 Å². The molecule has 162 valence electrons. The molecule has 0 unspecified atom stereocenters. The SMILES string of the molecule is CCCCOc1ccc(S(=O)(=O)Nc2nc(C34CC5CC(CC(C5)C3)C4)cs2)cc1. The summed E-state index contributed by atoms with van der Waals surface area (Å²) >= 11 is 1.41. The van der Waals surface area contributed by atoms with Gasteiger partial charge in [-0.3, -0.25) is 4.72 Å². The fourth-order valence-electron chi connectivity index (χ4n) is 6.21. The number of benzene rings is 1. The van der Waals surface area contributed by atoms with Crippen molar-refractivity contribution < 1.29 is 13.2 Å². The van der Waals surface area contributed by atoms with Crippen LogP contribution in [-0.2, 0) is 15.4 Å². The van der Waals surface area contributed by atoms with Gasteiger partial charge < -0.3 is 4.74 Å². The first-order valence-electron chi connectivity index (χ1n) is 11.2. The van der Waals surface area contributed by atoms with Crippen LogP contribution in [0.25, 0.3) is 0 Å². The van der Waals surface area contributed by atoms with Gasteiger partial charge in [-0.1, -0.05) is 13.3 Å². The molecule has 0 aliphatic heterocycles. The molecule has 0 saturated heterocycles. The zero-order chi connectivity index (χ0) is 20.8. The quantitative estimate of drug-likeness (QED) is 0.537. The zero-order valence-corrected chi connectivity index (χ0v) is 19.1. The Hall–Kier alpha value is -1.60. The maximum Gasteiger partial charge on any atom is 0.263 e. The van der Waals surface area contributed by atoms with Crippen LogP contribution in [0, 0.1) is 17.8 Å². The van der Waals surface area contributed by atoms with E-state index >= 15 is 0 Å². The summed E-state index contributed by atoms with van der Waals surface area (Å²) in [4.78, 5) is 5.02. The highest BCUT2D eigenvalue weighted by Crippen LogP contribution is 2.60. The van der Waals surface area contributed by atoms with E-state index in [0.29, 0.717) is 17.5 Å². The fraction of sp³-hybridized carbons (Fsp3) is 0.609. The monoisotopic (exact) mass is 446 g/mol. The maximum absolute atomic E-state index is 12.8. The molecule has 1 N–H and O–H groups in total. The first-order valence-corrected chi connectivity index (χ1v) is 13.5. The van der Waals surface area contributed by atoms with Gasteiger partial charge in [0, 0.05) is 10.8 Å². The summed E-state index contributed by atoms with van der Waals surface area (Å²) in [5.41, 5.74) is 1.30. The number of aromatic nitrogens is 1. The molecule has 1 aromatic carbocycles. The average Bonchev–Trinajstić information content (AvgIpc) is 3.16. The number of rotatable bonds is 8. The van der Waals surface area contributed by atoms with E-state index in [4.69, 9.17) is 9.72 Å². The number of hydrogen-bond acceptors (Lipinski definition) is 5.